The van der Waals surface area contributed by atoms with Crippen molar-refractivity contribution in [3.63, 3.8) is 0 Å². The van der Waals surface area contributed by atoms with Gasteiger partial charge in [0, 0.05) is 11.5 Å². The van der Waals surface area contributed by atoms with Crippen LogP contribution in [0.15, 0.2) is 0 Å². The van der Waals surface area contributed by atoms with Crippen molar-refractivity contribution in [2.45, 2.75) is 0 Å². The van der Waals surface area contributed by atoms with Gasteiger partial charge in [-0.15, -0.1) is 0 Å². The lowest BCUT2D eigenvalue weighted by Gasteiger charge is -2.04. The molecule has 0 radical (unpaired) electrons. The van der Waals surface area contributed by atoms with E-state index in [1.165, 1.54) is 0 Å². The van der Waals surface area contributed by atoms with Crippen molar-refractivity contribution in [1.29, 1.82) is 0 Å². The normalized spacial score (nSPS) is 11.9. The number of hydrogen-bond acceptors (Lipinski definition) is 8. The Morgan fingerprint density at radius 2 is 1.24 bits per heavy atom. The molecule has 17 heavy (non-hydrogen) atoms. The molecule has 6 nitrogen and oxygen atoms in total. The Morgan fingerprint density at radius 3 is 1.59 bits per heavy atom. The molecule has 0 aliphatic carbocycles. The first-order valence-corrected chi connectivity index (χ1v) is 9.52. The molecule has 9 heteroatoms. The minimum absolute atomic E-state index is 0.0611. The van der Waals surface area contributed by atoms with Crippen LogP contribution in [-0.2, 0) is 17.4 Å². The van der Waals surface area contributed by atoms with E-state index in [0.717, 1.165) is 21.6 Å². The maximum atomic E-state index is 11.4. The summed E-state index contributed by atoms with van der Waals surface area (Å²) < 4.78 is 32.7. The third-order valence-electron chi connectivity index (χ3n) is 1.38. The van der Waals surface area contributed by atoms with Crippen LogP contribution in [0, 0.1) is 0 Å². The summed E-state index contributed by atoms with van der Waals surface area (Å²) in [5.74, 6) is 0.680. The van der Waals surface area contributed by atoms with Gasteiger partial charge in [0.15, 0.2) is 0 Å². The second-order valence-corrected chi connectivity index (χ2v) is 9.51. The van der Waals surface area contributed by atoms with Crippen LogP contribution in [0.4, 0.5) is 0 Å². The van der Waals surface area contributed by atoms with Gasteiger partial charge in [0.05, 0.1) is 39.6 Å². The van der Waals surface area contributed by atoms with Crippen LogP contribution < -0.4 is 0 Å². The lowest BCUT2D eigenvalue weighted by Crippen LogP contribution is -2.05. The number of aliphatic hydroxyl groups is 2. The lowest BCUT2D eigenvalue weighted by atomic mass is 10.7. The van der Waals surface area contributed by atoms with Crippen LogP contribution in [0.5, 0.6) is 0 Å². The number of hydrogen-bond donors (Lipinski definition) is 2. The molecule has 0 saturated carbocycles. The Labute approximate surface area is 109 Å². The molecule has 0 atom stereocenters. The van der Waals surface area contributed by atoms with Crippen molar-refractivity contribution in [2.75, 3.05) is 51.1 Å². The van der Waals surface area contributed by atoms with E-state index in [9.17, 15) is 8.42 Å². The van der Waals surface area contributed by atoms with Crippen LogP contribution >= 0.6 is 21.6 Å². The van der Waals surface area contributed by atoms with Gasteiger partial charge in [-0.3, -0.25) is 0 Å². The molecule has 0 aromatic heterocycles. The molecule has 0 saturated heterocycles. The van der Waals surface area contributed by atoms with Crippen LogP contribution in [0.1, 0.15) is 0 Å². The van der Waals surface area contributed by atoms with Gasteiger partial charge in [0.25, 0.3) is 7.90 Å². The van der Waals surface area contributed by atoms with Crippen molar-refractivity contribution in [3.05, 3.63) is 0 Å². The van der Waals surface area contributed by atoms with E-state index in [1.807, 2.05) is 0 Å². The smallest absolute Gasteiger partial charge is 0.253 e. The molecule has 104 valence electrons. The maximum Gasteiger partial charge on any atom is 0.253 e. The van der Waals surface area contributed by atoms with Crippen molar-refractivity contribution in [2.24, 2.45) is 0 Å². The zero-order chi connectivity index (χ0) is 13.0. The number of aliphatic hydroxyl groups excluding tert-OH is 2. The molecule has 0 amide bonds. The number of rotatable bonds is 12. The lowest BCUT2D eigenvalue weighted by molar-refractivity contribution is 0.103. The van der Waals surface area contributed by atoms with E-state index >= 15 is 0 Å². The zero-order valence-corrected chi connectivity index (χ0v) is 11.9. The van der Waals surface area contributed by atoms with E-state index in [1.54, 1.807) is 0 Å². The first-order valence-electron chi connectivity index (χ1n) is 5.03. The molecular weight excluding hydrogens is 288 g/mol. The second kappa shape index (κ2) is 11.6. The highest BCUT2D eigenvalue weighted by atomic mass is 33.5. The minimum Gasteiger partial charge on any atom is -0.394 e. The Hall–Kier alpha value is 0.490. The molecular formula is C8H18O6S3. The molecule has 0 spiro atoms. The highest BCUT2D eigenvalue weighted by Crippen LogP contribution is 2.25. The van der Waals surface area contributed by atoms with Gasteiger partial charge in [-0.2, -0.15) is 0 Å². The van der Waals surface area contributed by atoms with Crippen molar-refractivity contribution < 1.29 is 28.1 Å². The molecule has 2 N–H and O–H groups in total. The topological polar surface area (TPSA) is 93.1 Å². The summed E-state index contributed by atoms with van der Waals surface area (Å²) in [7, 11) is -1.57. The SMILES string of the molecule is O=S(=O)(SCCOCCO)SCCOCCO. The van der Waals surface area contributed by atoms with Crippen LogP contribution in [-0.4, -0.2) is 69.8 Å². The van der Waals surface area contributed by atoms with E-state index in [0.29, 0.717) is 24.7 Å². The van der Waals surface area contributed by atoms with Gasteiger partial charge >= 0.3 is 0 Å². The average molecular weight is 306 g/mol. The summed E-state index contributed by atoms with van der Waals surface area (Å²) in [6, 6.07) is 0. The van der Waals surface area contributed by atoms with Crippen LogP contribution in [0.25, 0.3) is 0 Å². The first-order chi connectivity index (χ1) is 8.12. The fourth-order valence-electron chi connectivity index (χ4n) is 0.757. The maximum absolute atomic E-state index is 11.4. The van der Waals surface area contributed by atoms with Gasteiger partial charge in [-0.05, 0) is 21.6 Å². The molecule has 0 aromatic rings. The molecule has 0 rings (SSSR count). The van der Waals surface area contributed by atoms with Crippen LogP contribution in [0.2, 0.25) is 0 Å². The predicted molar refractivity (Wildman–Crippen MR) is 69.6 cm³/mol. The summed E-state index contributed by atoms with van der Waals surface area (Å²) in [4.78, 5) is 0. The quantitative estimate of drug-likeness (QED) is 0.375. The average Bonchev–Trinajstić information content (AvgIpc) is 2.28. The highest BCUT2D eigenvalue weighted by Gasteiger charge is 2.11. The first kappa shape index (κ1) is 17.5. The molecule has 0 aliphatic rings. The van der Waals surface area contributed by atoms with Crippen molar-refractivity contribution in [3.8, 4) is 0 Å². The fourth-order valence-corrected chi connectivity index (χ4v) is 5.28. The van der Waals surface area contributed by atoms with Crippen LogP contribution in [0.3, 0.4) is 0 Å². The summed E-state index contributed by atoms with van der Waals surface area (Å²) in [6.45, 7) is 0.923. The third-order valence-corrected chi connectivity index (χ3v) is 7.09. The Bertz CT molecular complexity index is 236. The second-order valence-electron chi connectivity index (χ2n) is 2.72. The molecule has 0 aromatic carbocycles. The monoisotopic (exact) mass is 306 g/mol. The Kier molecular flexibility index (Phi) is 11.9. The summed E-state index contributed by atoms with van der Waals surface area (Å²) in [5, 5.41) is 16.9. The van der Waals surface area contributed by atoms with Gasteiger partial charge < -0.3 is 19.7 Å². The van der Waals surface area contributed by atoms with E-state index in [2.05, 4.69) is 0 Å². The number of ether oxygens (including phenoxy) is 2. The predicted octanol–water partition coefficient (Wildman–Crippen LogP) is -0.285. The van der Waals surface area contributed by atoms with Gasteiger partial charge in [-0.1, -0.05) is 0 Å². The van der Waals surface area contributed by atoms with Crippen molar-refractivity contribution >= 4 is 29.5 Å². The summed E-state index contributed by atoms with van der Waals surface area (Å²) >= 11 is 0. The van der Waals surface area contributed by atoms with E-state index in [-0.39, 0.29) is 26.4 Å². The molecule has 0 unspecified atom stereocenters. The highest BCUT2D eigenvalue weighted by molar-refractivity contribution is 9.04. The zero-order valence-electron chi connectivity index (χ0n) is 9.41. The molecule has 0 heterocycles. The molecule has 0 aliphatic heterocycles. The van der Waals surface area contributed by atoms with Gasteiger partial charge in [0.1, 0.15) is 0 Å². The fraction of sp³-hybridized carbons (Fsp3) is 1.00. The summed E-state index contributed by atoms with van der Waals surface area (Å²) in [5.41, 5.74) is 0. The molecule has 0 fully saturated rings. The van der Waals surface area contributed by atoms with Gasteiger partial charge in [0.2, 0.25) is 0 Å². The van der Waals surface area contributed by atoms with E-state index in [4.69, 9.17) is 19.7 Å². The standard InChI is InChI=1S/C8H18O6S3/c9-1-3-13-5-7-15-17(11,12)16-8-6-14-4-2-10/h9-10H,1-8H2. The van der Waals surface area contributed by atoms with E-state index < -0.39 is 7.90 Å². The Balaban J connectivity index is 3.46. The third kappa shape index (κ3) is 12.7. The van der Waals surface area contributed by atoms with Crippen molar-refractivity contribution in [1.82, 2.24) is 0 Å². The minimum atomic E-state index is -3.21. The van der Waals surface area contributed by atoms with Gasteiger partial charge in [-0.25, -0.2) is 8.42 Å². The molecule has 0 bridgehead atoms. The largest absolute Gasteiger partial charge is 0.394 e. The Morgan fingerprint density at radius 1 is 0.824 bits per heavy atom. The summed E-state index contributed by atoms with van der Waals surface area (Å²) in [6.07, 6.45) is 0.